The second-order valence-corrected chi connectivity index (χ2v) is 6.43. The van der Waals surface area contributed by atoms with Crippen molar-refractivity contribution in [2.75, 3.05) is 6.54 Å². The molecule has 21 heavy (non-hydrogen) atoms. The Balaban J connectivity index is 1.81. The molecule has 0 aliphatic rings. The van der Waals surface area contributed by atoms with Crippen LogP contribution in [0.3, 0.4) is 0 Å². The number of benzene rings is 1. The van der Waals surface area contributed by atoms with Crippen molar-refractivity contribution in [3.8, 4) is 0 Å². The average molecular weight is 303 g/mol. The van der Waals surface area contributed by atoms with E-state index in [-0.39, 0.29) is 11.8 Å². The molecular formula is C17H21NO2S. The maximum atomic E-state index is 11.3. The zero-order valence-corrected chi connectivity index (χ0v) is 13.2. The summed E-state index contributed by atoms with van der Waals surface area (Å²) in [5, 5.41) is 13.4. The molecule has 0 unspecified atom stereocenters. The molecule has 0 aliphatic carbocycles. The monoisotopic (exact) mass is 303 g/mol. The zero-order chi connectivity index (χ0) is 15.2. The van der Waals surface area contributed by atoms with E-state index in [0.717, 1.165) is 16.9 Å². The number of Topliss-reactive ketones (excluding diaryl/α,β-unsaturated/α-hetero) is 1. The Bertz CT molecular complexity index is 579. The number of hydrogen-bond acceptors (Lipinski definition) is 4. The minimum Gasteiger partial charge on any atom is -0.387 e. The Morgan fingerprint density at radius 3 is 2.57 bits per heavy atom. The molecular weight excluding hydrogens is 282 g/mol. The van der Waals surface area contributed by atoms with Crippen LogP contribution in [-0.4, -0.2) is 23.5 Å². The number of aliphatic hydroxyl groups excluding tert-OH is 1. The summed E-state index contributed by atoms with van der Waals surface area (Å²) in [7, 11) is 0. The zero-order valence-electron chi connectivity index (χ0n) is 12.4. The van der Waals surface area contributed by atoms with E-state index in [4.69, 9.17) is 0 Å². The Morgan fingerprint density at radius 1 is 1.24 bits per heavy atom. The van der Waals surface area contributed by atoms with Gasteiger partial charge in [-0.15, -0.1) is 11.3 Å². The Morgan fingerprint density at radius 2 is 1.95 bits per heavy atom. The van der Waals surface area contributed by atoms with Crippen LogP contribution in [0.5, 0.6) is 0 Å². The van der Waals surface area contributed by atoms with Crippen LogP contribution in [-0.2, 0) is 6.42 Å². The van der Waals surface area contributed by atoms with Gasteiger partial charge in [-0.25, -0.2) is 0 Å². The van der Waals surface area contributed by atoms with E-state index in [1.807, 2.05) is 42.5 Å². The van der Waals surface area contributed by atoms with Gasteiger partial charge in [0.1, 0.15) is 0 Å². The number of aliphatic hydroxyl groups is 1. The molecule has 0 spiro atoms. The second-order valence-electron chi connectivity index (χ2n) is 5.26. The van der Waals surface area contributed by atoms with E-state index in [0.29, 0.717) is 6.54 Å². The Hall–Kier alpha value is -1.49. The Labute approximate surface area is 129 Å². The molecule has 1 aromatic heterocycles. The molecule has 0 amide bonds. The third-order valence-corrected chi connectivity index (χ3v) is 4.57. The quantitative estimate of drug-likeness (QED) is 0.772. The highest BCUT2D eigenvalue weighted by molar-refractivity contribution is 7.14. The minimum atomic E-state index is -0.496. The van der Waals surface area contributed by atoms with Crippen molar-refractivity contribution < 1.29 is 9.90 Å². The van der Waals surface area contributed by atoms with Crippen molar-refractivity contribution in [2.24, 2.45) is 0 Å². The summed E-state index contributed by atoms with van der Waals surface area (Å²) >= 11 is 1.55. The molecule has 2 N–H and O–H groups in total. The smallest absolute Gasteiger partial charge is 0.169 e. The third-order valence-electron chi connectivity index (χ3n) is 3.36. The van der Waals surface area contributed by atoms with Gasteiger partial charge in [0.15, 0.2) is 5.78 Å². The molecule has 0 fully saturated rings. The maximum absolute atomic E-state index is 11.3. The number of nitrogens with one attached hydrogen (secondary N) is 1. The second kappa shape index (κ2) is 7.50. The number of rotatable bonds is 7. The third kappa shape index (κ3) is 4.77. The first-order valence-corrected chi connectivity index (χ1v) is 7.94. The van der Waals surface area contributed by atoms with Gasteiger partial charge in [-0.05, 0) is 38.0 Å². The summed E-state index contributed by atoms with van der Waals surface area (Å²) in [4.78, 5) is 13.3. The lowest BCUT2D eigenvalue weighted by atomic mass is 10.1. The topological polar surface area (TPSA) is 49.3 Å². The number of ketones is 1. The predicted molar refractivity (Wildman–Crippen MR) is 86.9 cm³/mol. The molecule has 1 aromatic carbocycles. The summed E-state index contributed by atoms with van der Waals surface area (Å²) in [5.74, 6) is 0.117. The summed E-state index contributed by atoms with van der Waals surface area (Å²) < 4.78 is 0. The first kappa shape index (κ1) is 15.9. The van der Waals surface area contributed by atoms with Crippen LogP contribution in [0.4, 0.5) is 0 Å². The summed E-state index contributed by atoms with van der Waals surface area (Å²) in [6.07, 6.45) is 0.365. The van der Waals surface area contributed by atoms with E-state index in [9.17, 15) is 9.90 Å². The largest absolute Gasteiger partial charge is 0.387 e. The van der Waals surface area contributed by atoms with E-state index in [1.165, 1.54) is 4.88 Å². The normalized spacial score (nSPS) is 13.9. The van der Waals surface area contributed by atoms with Crippen molar-refractivity contribution >= 4 is 17.1 Å². The van der Waals surface area contributed by atoms with Gasteiger partial charge < -0.3 is 10.4 Å². The van der Waals surface area contributed by atoms with Gasteiger partial charge in [0.05, 0.1) is 11.0 Å². The van der Waals surface area contributed by atoms with Gasteiger partial charge in [-0.1, -0.05) is 30.3 Å². The molecule has 2 rings (SSSR count). The highest BCUT2D eigenvalue weighted by atomic mass is 32.1. The highest BCUT2D eigenvalue weighted by Gasteiger charge is 2.11. The van der Waals surface area contributed by atoms with Crippen LogP contribution in [0.1, 0.15) is 40.1 Å². The van der Waals surface area contributed by atoms with Gasteiger partial charge in [0, 0.05) is 17.5 Å². The lowest BCUT2D eigenvalue weighted by Gasteiger charge is -2.17. The Kier molecular flexibility index (Phi) is 5.67. The molecule has 2 atom stereocenters. The van der Waals surface area contributed by atoms with Crippen molar-refractivity contribution in [3.63, 3.8) is 0 Å². The fraction of sp³-hybridized carbons (Fsp3) is 0.353. The van der Waals surface area contributed by atoms with Gasteiger partial charge in [0.25, 0.3) is 0 Å². The highest BCUT2D eigenvalue weighted by Crippen LogP contribution is 2.19. The first-order chi connectivity index (χ1) is 10.1. The molecule has 1 heterocycles. The SMILES string of the molecule is CC(=O)c1ccc(C[C@@H](C)NC[C@H](O)c2ccccc2)s1. The molecule has 2 aromatic rings. The number of thiophene rings is 1. The van der Waals surface area contributed by atoms with Crippen LogP contribution in [0.15, 0.2) is 42.5 Å². The lowest BCUT2D eigenvalue weighted by molar-refractivity contribution is 0.102. The van der Waals surface area contributed by atoms with Crippen molar-refractivity contribution in [1.82, 2.24) is 5.32 Å². The molecule has 0 saturated heterocycles. The van der Waals surface area contributed by atoms with Gasteiger partial charge >= 0.3 is 0 Å². The van der Waals surface area contributed by atoms with E-state index >= 15 is 0 Å². The lowest BCUT2D eigenvalue weighted by Crippen LogP contribution is -2.31. The maximum Gasteiger partial charge on any atom is 0.169 e. The standard InChI is InChI=1S/C17H21NO2S/c1-12(10-15-8-9-17(21-15)13(2)19)18-11-16(20)14-6-4-3-5-7-14/h3-9,12,16,18,20H,10-11H2,1-2H3/t12-,16+/m1/s1. The van der Waals surface area contributed by atoms with Gasteiger partial charge in [-0.2, -0.15) is 0 Å². The van der Waals surface area contributed by atoms with Gasteiger partial charge in [-0.3, -0.25) is 4.79 Å². The summed E-state index contributed by atoms with van der Waals surface area (Å²) in [6.45, 7) is 4.20. The number of carbonyl (C=O) groups is 1. The van der Waals surface area contributed by atoms with Crippen LogP contribution < -0.4 is 5.32 Å². The molecule has 4 heteroatoms. The van der Waals surface area contributed by atoms with E-state index in [2.05, 4.69) is 12.2 Å². The first-order valence-electron chi connectivity index (χ1n) is 7.12. The van der Waals surface area contributed by atoms with Crippen LogP contribution in [0.25, 0.3) is 0 Å². The molecule has 0 radical (unpaired) electrons. The summed E-state index contributed by atoms with van der Waals surface area (Å²) in [5.41, 5.74) is 0.923. The number of carbonyl (C=O) groups excluding carboxylic acids is 1. The predicted octanol–water partition coefficient (Wildman–Crippen LogP) is 3.20. The van der Waals surface area contributed by atoms with Crippen molar-refractivity contribution in [2.45, 2.75) is 32.4 Å². The van der Waals surface area contributed by atoms with Crippen molar-refractivity contribution in [1.29, 1.82) is 0 Å². The molecule has 112 valence electrons. The van der Waals surface area contributed by atoms with E-state index < -0.39 is 6.10 Å². The average Bonchev–Trinajstić information content (AvgIpc) is 2.94. The molecule has 0 bridgehead atoms. The van der Waals surface area contributed by atoms with Crippen LogP contribution in [0.2, 0.25) is 0 Å². The fourth-order valence-electron chi connectivity index (χ4n) is 2.16. The van der Waals surface area contributed by atoms with Crippen LogP contribution in [0, 0.1) is 0 Å². The van der Waals surface area contributed by atoms with Gasteiger partial charge in [0.2, 0.25) is 0 Å². The molecule has 0 aliphatic heterocycles. The number of hydrogen-bond donors (Lipinski definition) is 2. The minimum absolute atomic E-state index is 0.117. The fourth-order valence-corrected chi connectivity index (χ4v) is 3.19. The van der Waals surface area contributed by atoms with E-state index in [1.54, 1.807) is 18.3 Å². The summed E-state index contributed by atoms with van der Waals surface area (Å²) in [6, 6.07) is 13.8. The van der Waals surface area contributed by atoms with Crippen LogP contribution >= 0.6 is 11.3 Å². The molecule has 3 nitrogen and oxygen atoms in total. The molecule has 0 saturated carbocycles. The van der Waals surface area contributed by atoms with Crippen molar-refractivity contribution in [3.05, 3.63) is 57.8 Å².